The summed E-state index contributed by atoms with van der Waals surface area (Å²) in [6, 6.07) is 0. The molecule has 1 atom stereocenters. The average Bonchev–Trinajstić information content (AvgIpc) is 2.50. The van der Waals surface area contributed by atoms with Crippen molar-refractivity contribution in [1.29, 1.82) is 0 Å². The Labute approximate surface area is 97.7 Å². The van der Waals surface area contributed by atoms with Gasteiger partial charge < -0.3 is 4.90 Å². The number of hydrogen-bond acceptors (Lipinski definition) is 3. The molecule has 0 aromatic heterocycles. The standard InChI is InChI=1S/C11H15F3N2O/c12-11(13,14)10(17)8-3-4-9-15-5-1-2-6-16(9)7-8/h7,9,15H,1-6H2. The topological polar surface area (TPSA) is 32.3 Å². The molecule has 0 aliphatic carbocycles. The van der Waals surface area contributed by atoms with Crippen LogP contribution in [0.4, 0.5) is 13.2 Å². The highest BCUT2D eigenvalue weighted by Crippen LogP contribution is 2.28. The lowest BCUT2D eigenvalue weighted by Crippen LogP contribution is -2.44. The highest BCUT2D eigenvalue weighted by molar-refractivity contribution is 5.99. The fraction of sp³-hybridized carbons (Fsp3) is 0.727. The van der Waals surface area contributed by atoms with Gasteiger partial charge in [0.25, 0.3) is 5.78 Å². The Hall–Kier alpha value is -1.04. The zero-order valence-corrected chi connectivity index (χ0v) is 9.39. The maximum atomic E-state index is 12.3. The van der Waals surface area contributed by atoms with Crippen molar-refractivity contribution in [2.24, 2.45) is 0 Å². The maximum Gasteiger partial charge on any atom is 0.454 e. The highest BCUT2D eigenvalue weighted by atomic mass is 19.4. The predicted octanol–water partition coefficient (Wildman–Crippen LogP) is 1.81. The van der Waals surface area contributed by atoms with Crippen LogP contribution in [0.2, 0.25) is 0 Å². The number of carbonyl (C=O) groups excluding carboxylic acids is 1. The van der Waals surface area contributed by atoms with E-state index in [1.54, 1.807) is 0 Å². The summed E-state index contributed by atoms with van der Waals surface area (Å²) < 4.78 is 36.9. The molecular formula is C11H15F3N2O. The average molecular weight is 248 g/mol. The molecule has 1 N–H and O–H groups in total. The van der Waals surface area contributed by atoms with E-state index in [2.05, 4.69) is 5.32 Å². The quantitative estimate of drug-likeness (QED) is 0.768. The molecule has 3 nitrogen and oxygen atoms in total. The summed E-state index contributed by atoms with van der Waals surface area (Å²) in [6.45, 7) is 1.60. The molecule has 2 aliphatic rings. The molecule has 2 heterocycles. The Kier molecular flexibility index (Phi) is 3.42. The molecule has 0 aromatic carbocycles. The van der Waals surface area contributed by atoms with Crippen LogP contribution in [-0.2, 0) is 4.79 Å². The summed E-state index contributed by atoms with van der Waals surface area (Å²) in [4.78, 5) is 13.0. The van der Waals surface area contributed by atoms with Crippen molar-refractivity contribution in [2.75, 3.05) is 13.1 Å². The van der Waals surface area contributed by atoms with Crippen LogP contribution >= 0.6 is 0 Å². The molecule has 2 rings (SSSR count). The van der Waals surface area contributed by atoms with E-state index in [4.69, 9.17) is 0 Å². The molecule has 1 unspecified atom stereocenters. The third kappa shape index (κ3) is 2.80. The predicted molar refractivity (Wildman–Crippen MR) is 56.1 cm³/mol. The van der Waals surface area contributed by atoms with E-state index in [0.717, 1.165) is 19.4 Å². The van der Waals surface area contributed by atoms with Crippen LogP contribution < -0.4 is 5.32 Å². The van der Waals surface area contributed by atoms with Crippen molar-refractivity contribution in [2.45, 2.75) is 38.0 Å². The lowest BCUT2D eigenvalue weighted by atomic mass is 10.0. The van der Waals surface area contributed by atoms with Crippen molar-refractivity contribution >= 4 is 5.78 Å². The fourth-order valence-corrected chi connectivity index (χ4v) is 2.29. The van der Waals surface area contributed by atoms with Gasteiger partial charge in [0.2, 0.25) is 0 Å². The number of alkyl halides is 3. The zero-order valence-electron chi connectivity index (χ0n) is 9.39. The lowest BCUT2D eigenvalue weighted by molar-refractivity contribution is -0.167. The largest absolute Gasteiger partial charge is 0.454 e. The van der Waals surface area contributed by atoms with Crippen LogP contribution in [0.3, 0.4) is 0 Å². The van der Waals surface area contributed by atoms with Crippen LogP contribution in [0.25, 0.3) is 0 Å². The summed E-state index contributed by atoms with van der Waals surface area (Å²) in [5.41, 5.74) is -0.113. The number of rotatable bonds is 1. The summed E-state index contributed by atoms with van der Waals surface area (Å²) in [7, 11) is 0. The van der Waals surface area contributed by atoms with Crippen molar-refractivity contribution in [3.8, 4) is 0 Å². The Morgan fingerprint density at radius 2 is 2.18 bits per heavy atom. The van der Waals surface area contributed by atoms with E-state index in [-0.39, 0.29) is 18.2 Å². The van der Waals surface area contributed by atoms with Crippen LogP contribution in [0.5, 0.6) is 0 Å². The molecule has 2 aliphatic heterocycles. The number of allylic oxidation sites excluding steroid dienone is 1. The molecule has 1 saturated heterocycles. The number of ketones is 1. The minimum absolute atomic E-state index is 0.0854. The molecule has 6 heteroatoms. The van der Waals surface area contributed by atoms with Gasteiger partial charge in [0, 0.05) is 18.3 Å². The third-order valence-electron chi connectivity index (χ3n) is 3.18. The van der Waals surface area contributed by atoms with E-state index >= 15 is 0 Å². The lowest BCUT2D eigenvalue weighted by Gasteiger charge is -2.34. The van der Waals surface area contributed by atoms with Crippen molar-refractivity contribution < 1.29 is 18.0 Å². The smallest absolute Gasteiger partial charge is 0.362 e. The number of Topliss-reactive ketones (excluding diaryl/α,β-unsaturated/α-hetero) is 1. The number of nitrogens with one attached hydrogen (secondary N) is 1. The summed E-state index contributed by atoms with van der Waals surface area (Å²) >= 11 is 0. The van der Waals surface area contributed by atoms with Gasteiger partial charge in [-0.1, -0.05) is 0 Å². The maximum absolute atomic E-state index is 12.3. The van der Waals surface area contributed by atoms with Crippen molar-refractivity contribution in [1.82, 2.24) is 10.2 Å². The summed E-state index contributed by atoms with van der Waals surface area (Å²) in [5, 5.41) is 3.27. The normalized spacial score (nSPS) is 25.9. The molecule has 17 heavy (non-hydrogen) atoms. The van der Waals surface area contributed by atoms with Crippen LogP contribution in [0.15, 0.2) is 11.8 Å². The Bertz CT molecular complexity index is 338. The van der Waals surface area contributed by atoms with E-state index in [1.807, 2.05) is 4.90 Å². The molecule has 0 amide bonds. The third-order valence-corrected chi connectivity index (χ3v) is 3.18. The second-order valence-electron chi connectivity index (χ2n) is 4.43. The fourth-order valence-electron chi connectivity index (χ4n) is 2.29. The van der Waals surface area contributed by atoms with Gasteiger partial charge in [0.05, 0.1) is 6.17 Å². The van der Waals surface area contributed by atoms with Crippen LogP contribution in [0, 0.1) is 0 Å². The van der Waals surface area contributed by atoms with Gasteiger partial charge in [0.15, 0.2) is 0 Å². The minimum atomic E-state index is -4.75. The van der Waals surface area contributed by atoms with Crippen molar-refractivity contribution in [3.05, 3.63) is 11.8 Å². The van der Waals surface area contributed by atoms with Gasteiger partial charge in [-0.25, -0.2) is 0 Å². The zero-order chi connectivity index (χ0) is 12.5. The second kappa shape index (κ2) is 4.68. The van der Waals surface area contributed by atoms with Gasteiger partial charge in [-0.05, 0) is 32.2 Å². The van der Waals surface area contributed by atoms with Crippen molar-refractivity contribution in [3.63, 3.8) is 0 Å². The molecule has 0 bridgehead atoms. The molecule has 0 aromatic rings. The van der Waals surface area contributed by atoms with Crippen LogP contribution in [0.1, 0.15) is 25.7 Å². The van der Waals surface area contributed by atoms with Gasteiger partial charge in [0.1, 0.15) is 0 Å². The number of hydrogen-bond donors (Lipinski definition) is 1. The second-order valence-corrected chi connectivity index (χ2v) is 4.43. The first-order chi connectivity index (χ1) is 7.98. The molecular weight excluding hydrogens is 233 g/mol. The number of carbonyl (C=O) groups is 1. The highest BCUT2D eigenvalue weighted by Gasteiger charge is 2.41. The van der Waals surface area contributed by atoms with Crippen LogP contribution in [-0.4, -0.2) is 36.1 Å². The molecule has 0 spiro atoms. The molecule has 0 radical (unpaired) electrons. The monoisotopic (exact) mass is 248 g/mol. The number of halogens is 3. The number of nitrogens with zero attached hydrogens (tertiary/aromatic N) is 1. The molecule has 96 valence electrons. The minimum Gasteiger partial charge on any atom is -0.362 e. The van der Waals surface area contributed by atoms with Gasteiger partial charge in [-0.2, -0.15) is 13.2 Å². The first-order valence-corrected chi connectivity index (χ1v) is 5.80. The van der Waals surface area contributed by atoms with E-state index < -0.39 is 12.0 Å². The van der Waals surface area contributed by atoms with Gasteiger partial charge >= 0.3 is 6.18 Å². The Morgan fingerprint density at radius 1 is 1.41 bits per heavy atom. The van der Waals surface area contributed by atoms with Gasteiger partial charge in [-0.15, -0.1) is 0 Å². The molecule has 1 fully saturated rings. The first-order valence-electron chi connectivity index (χ1n) is 5.80. The Balaban J connectivity index is 2.13. The Morgan fingerprint density at radius 3 is 2.88 bits per heavy atom. The van der Waals surface area contributed by atoms with E-state index in [1.165, 1.54) is 6.20 Å². The summed E-state index contributed by atoms with van der Waals surface area (Å²) in [6.07, 6.45) is -0.556. The molecule has 0 saturated carbocycles. The number of fused-ring (bicyclic) bond motifs is 1. The van der Waals surface area contributed by atoms with E-state index in [9.17, 15) is 18.0 Å². The van der Waals surface area contributed by atoms with E-state index in [0.29, 0.717) is 13.0 Å². The first kappa shape index (κ1) is 12.4. The van der Waals surface area contributed by atoms with Gasteiger partial charge in [-0.3, -0.25) is 10.1 Å². The SMILES string of the molecule is O=C(C1=CN2CCCCNC2CC1)C(F)(F)F. The summed E-state index contributed by atoms with van der Waals surface area (Å²) in [5.74, 6) is -1.69.